The number of aliphatic hydroxyl groups is 1. The van der Waals surface area contributed by atoms with Crippen molar-refractivity contribution in [3.63, 3.8) is 0 Å². The van der Waals surface area contributed by atoms with Crippen LogP contribution < -0.4 is 47.9 Å². The number of nitrogens with one attached hydrogen (secondary N) is 10. The summed E-state index contributed by atoms with van der Waals surface area (Å²) in [6, 6.07) is 49.7. The van der Waals surface area contributed by atoms with Crippen LogP contribution in [-0.2, 0) is 78.3 Å². The first-order valence-corrected chi connectivity index (χ1v) is 42.5. The number of thioether (sulfide) groups is 1. The lowest BCUT2D eigenvalue weighted by molar-refractivity contribution is -0.137. The molecule has 2 heterocycles. The molecule has 1 aliphatic carbocycles. The minimum Gasteiger partial charge on any atom is -0.508 e. The summed E-state index contributed by atoms with van der Waals surface area (Å²) in [7, 11) is 2.02. The summed E-state index contributed by atoms with van der Waals surface area (Å²) in [5.74, 6) is -8.07. The largest absolute Gasteiger partial charge is 0.508 e. The molecule has 24 nitrogen and oxygen atoms in total. The third-order valence-corrected chi connectivity index (χ3v) is 23.7. The number of benzene rings is 7. The Morgan fingerprint density at radius 1 is 0.569 bits per heavy atom. The third kappa shape index (κ3) is 25.3. The standard InChI is InChI=1S/C89H104N10O14S3/c1-56(100)77-84(109)97-75(83(108)95-72(51-62-53-92-69-37-23-22-36-68(62)69)79(104)90-46-47-114-89(63-29-14-9-15-30-63,64-31-16-10-17-32-64)65-33-18-11-19-34-65)55-116-115-54-74(96-81(106)71(49-57-26-12-8-13-27-57)98-86(111)113-88(5,6)7)76(102)52-61(48-58-39-43-66(101)44-40-58)78(103)94-73(50-60-42-41-59-28-20-21-35-67(59)60)82(107)93-70(80(105)99-77)38-24-25-45-91-85(110)112-87(2,3)4/h8-23,26-37,39-40,42-44,53,56,61,70-75,77,92,100-101H,24-25,38,41,45-52,54-55H2,1-7H3,(H,90,104)(H,91,110)(H,93,107)(H,94,103)(H,95,108)(H,96,106)(H,97,109)(H,98,111)(H,99,105)/t56-,61-,70+,71-,72+,73-,74+,75+,77+/m1/s1. The SMILES string of the molecule is C[C@@H](O)[C@@H]1NC(=O)[C@H](CCCCNC(=O)OC(C)(C)C)NC(=O)[C@@H](CC2=CCc3ccccc32)NC(=O)[C@H](Cc2ccc(O)cc2)CC(=O)[C@@H](NC(=O)[C@@H](Cc2ccccc2)NC(=O)OC(C)(C)C)CSSC[C@@H](C(=O)N[C@@H](Cc2c[nH]c3ccccc23)C(=O)NCCSC(c2ccccc2)(c2ccccc2)c2ccccc2)NC1=O. The van der Waals surface area contributed by atoms with Gasteiger partial charge in [-0.1, -0.05) is 204 Å². The molecule has 0 spiro atoms. The highest BCUT2D eigenvalue weighted by atomic mass is 33.1. The summed E-state index contributed by atoms with van der Waals surface area (Å²) < 4.78 is 10.3. The number of H-pyrrole nitrogens is 1. The number of carbonyl (C=O) groups is 10. The molecule has 12 N–H and O–H groups in total. The lowest BCUT2D eigenvalue weighted by Gasteiger charge is -2.35. The van der Waals surface area contributed by atoms with E-state index in [2.05, 4.69) is 89.2 Å². The van der Waals surface area contributed by atoms with Gasteiger partial charge < -0.3 is 72.5 Å². The van der Waals surface area contributed by atoms with E-state index in [-0.39, 0.29) is 75.3 Å². The molecule has 0 bridgehead atoms. The molecule has 2 aliphatic rings. The molecule has 612 valence electrons. The Labute approximate surface area is 689 Å². The van der Waals surface area contributed by atoms with Gasteiger partial charge in [0.05, 0.1) is 16.9 Å². The summed E-state index contributed by atoms with van der Waals surface area (Å²) >= 11 is 1.63. The molecule has 0 unspecified atom stereocenters. The van der Waals surface area contributed by atoms with Crippen LogP contribution in [-0.4, -0.2) is 164 Å². The van der Waals surface area contributed by atoms with E-state index in [1.165, 1.54) is 19.1 Å². The van der Waals surface area contributed by atoms with E-state index >= 15 is 38.4 Å². The number of hydrogen-bond donors (Lipinski definition) is 12. The number of para-hydroxylation sites is 1. The molecular weight excluding hydrogens is 1530 g/mol. The minimum absolute atomic E-state index is 0.0507. The maximum atomic E-state index is 15.6. The van der Waals surface area contributed by atoms with Gasteiger partial charge in [0, 0.05) is 79.0 Å². The fourth-order valence-corrected chi connectivity index (χ4v) is 17.7. The molecule has 0 radical (unpaired) electrons. The van der Waals surface area contributed by atoms with Gasteiger partial charge >= 0.3 is 12.2 Å². The Kier molecular flexibility index (Phi) is 31.4. The zero-order valence-corrected chi connectivity index (χ0v) is 68.7. The van der Waals surface area contributed by atoms with Crippen LogP contribution in [0.15, 0.2) is 206 Å². The van der Waals surface area contributed by atoms with E-state index in [4.69, 9.17) is 9.47 Å². The summed E-state index contributed by atoms with van der Waals surface area (Å²) in [5, 5.41) is 48.5. The number of Topliss-reactive ketones (excluding diaryl/α,β-unsaturated/α-hetero) is 1. The van der Waals surface area contributed by atoms with Crippen molar-refractivity contribution < 1.29 is 67.6 Å². The lowest BCUT2D eigenvalue weighted by atomic mass is 9.84. The highest BCUT2D eigenvalue weighted by molar-refractivity contribution is 8.76. The molecule has 9 atom stereocenters. The molecule has 1 saturated heterocycles. The number of aromatic hydroxyl groups is 1. The van der Waals surface area contributed by atoms with Crippen molar-refractivity contribution in [3.8, 4) is 5.75 Å². The molecule has 27 heteroatoms. The molecule has 116 heavy (non-hydrogen) atoms. The number of fused-ring (bicyclic) bond motifs is 2. The number of carbonyl (C=O) groups excluding carboxylic acids is 10. The summed E-state index contributed by atoms with van der Waals surface area (Å²) in [5.41, 5.74) is 6.32. The molecule has 0 saturated carbocycles. The maximum Gasteiger partial charge on any atom is 0.408 e. The van der Waals surface area contributed by atoms with Gasteiger partial charge in [0.2, 0.25) is 41.4 Å². The topological polar surface area (TPSA) is 354 Å². The van der Waals surface area contributed by atoms with Crippen molar-refractivity contribution >= 4 is 109 Å². The van der Waals surface area contributed by atoms with Crippen molar-refractivity contribution in [1.29, 1.82) is 0 Å². The number of ether oxygens (including phenoxy) is 2. The smallest absolute Gasteiger partial charge is 0.408 e. The van der Waals surface area contributed by atoms with Crippen LogP contribution in [0.25, 0.3) is 16.5 Å². The predicted molar refractivity (Wildman–Crippen MR) is 454 cm³/mol. The number of phenolic OH excluding ortho intramolecular Hbond substituents is 1. The number of alkyl carbamates (subject to hydrolysis) is 2. The number of aromatic amines is 1. The van der Waals surface area contributed by atoms with Crippen molar-refractivity contribution in [3.05, 3.63) is 251 Å². The van der Waals surface area contributed by atoms with E-state index < -0.39 is 136 Å². The average Bonchev–Trinajstić information content (AvgIpc) is 0.977. The zero-order valence-electron chi connectivity index (χ0n) is 66.2. The van der Waals surface area contributed by atoms with E-state index in [0.717, 1.165) is 60.3 Å². The van der Waals surface area contributed by atoms with Crippen LogP contribution in [0.3, 0.4) is 0 Å². The normalized spacial score (nSPS) is 18.9. The Morgan fingerprint density at radius 2 is 1.15 bits per heavy atom. The van der Waals surface area contributed by atoms with Gasteiger partial charge in [-0.2, -0.15) is 0 Å². The lowest BCUT2D eigenvalue weighted by Crippen LogP contribution is -2.62. The van der Waals surface area contributed by atoms with Gasteiger partial charge in [0.1, 0.15) is 53.2 Å². The monoisotopic (exact) mass is 1630 g/mol. The number of hydrogen-bond acceptors (Lipinski definition) is 17. The first kappa shape index (κ1) is 87.5. The molecule has 1 aromatic heterocycles. The zero-order chi connectivity index (χ0) is 82.9. The van der Waals surface area contributed by atoms with Gasteiger partial charge in [-0.15, -0.1) is 11.8 Å². The van der Waals surface area contributed by atoms with Crippen molar-refractivity contribution in [2.45, 2.75) is 171 Å². The highest BCUT2D eigenvalue weighted by Gasteiger charge is 2.40. The van der Waals surface area contributed by atoms with Crippen molar-refractivity contribution in [1.82, 2.24) is 52.8 Å². The van der Waals surface area contributed by atoms with Gasteiger partial charge in [0.15, 0.2) is 5.78 Å². The first-order valence-electron chi connectivity index (χ1n) is 39.1. The van der Waals surface area contributed by atoms with E-state index in [0.29, 0.717) is 34.4 Å². The van der Waals surface area contributed by atoms with Crippen molar-refractivity contribution in [2.75, 3.05) is 30.3 Å². The second-order valence-electron chi connectivity index (χ2n) is 30.9. The number of rotatable bonds is 27. The number of phenols is 1. The van der Waals surface area contributed by atoms with Gasteiger partial charge in [0.25, 0.3) is 0 Å². The summed E-state index contributed by atoms with van der Waals surface area (Å²) in [6.45, 7) is 11.6. The molecule has 8 aromatic rings. The van der Waals surface area contributed by atoms with Crippen LogP contribution >= 0.6 is 33.3 Å². The van der Waals surface area contributed by atoms with Gasteiger partial charge in [-0.05, 0) is 149 Å². The molecular formula is C89H104N10O14S3. The Balaban J connectivity index is 1.01. The summed E-state index contributed by atoms with van der Waals surface area (Å²) in [6.07, 6.45) is 0.305. The number of amides is 9. The fraction of sp³-hybridized carbons (Fsp3) is 0.371. The molecule has 1 aliphatic heterocycles. The maximum absolute atomic E-state index is 15.6. The average molecular weight is 1630 g/mol. The van der Waals surface area contributed by atoms with Crippen molar-refractivity contribution in [2.24, 2.45) is 5.92 Å². The van der Waals surface area contributed by atoms with E-state index in [9.17, 15) is 19.8 Å². The van der Waals surface area contributed by atoms with Gasteiger partial charge in [-0.3, -0.25) is 38.4 Å². The molecule has 10 rings (SSSR count). The Morgan fingerprint density at radius 3 is 1.79 bits per heavy atom. The quantitative estimate of drug-likeness (QED) is 0.0129. The second-order valence-corrected chi connectivity index (χ2v) is 34.8. The summed E-state index contributed by atoms with van der Waals surface area (Å²) in [4.78, 5) is 153. The third-order valence-electron chi connectivity index (χ3n) is 19.7. The predicted octanol–water partition coefficient (Wildman–Crippen LogP) is 10.6. The van der Waals surface area contributed by atoms with Gasteiger partial charge in [-0.25, -0.2) is 9.59 Å². The number of allylic oxidation sites excluding steroid dienone is 1. The fourth-order valence-electron chi connectivity index (χ4n) is 13.9. The molecule has 7 aromatic carbocycles. The Hall–Kier alpha value is -10.9. The van der Waals surface area contributed by atoms with Crippen LogP contribution in [0, 0.1) is 5.92 Å². The number of aliphatic hydroxyl groups excluding tert-OH is 1. The number of aromatic nitrogens is 1. The van der Waals surface area contributed by atoms with Crippen LogP contribution in [0.1, 0.15) is 125 Å². The van der Waals surface area contributed by atoms with E-state index in [1.54, 1.807) is 102 Å². The molecule has 1 fully saturated rings. The van der Waals surface area contributed by atoms with Crippen LogP contribution in [0.4, 0.5) is 9.59 Å². The second kappa shape index (κ2) is 41.6. The highest BCUT2D eigenvalue weighted by Crippen LogP contribution is 2.48. The van der Waals surface area contributed by atoms with Crippen LogP contribution in [0.2, 0.25) is 0 Å². The van der Waals surface area contributed by atoms with Crippen LogP contribution in [0.5, 0.6) is 5.75 Å². The first-order chi connectivity index (χ1) is 55.6. The van der Waals surface area contributed by atoms with E-state index in [1.807, 2.05) is 109 Å². The Bertz CT molecular complexity index is 4620. The molecule has 9 amide bonds. The number of ketones is 1. The minimum atomic E-state index is -1.82. The number of unbranched alkanes of at least 4 members (excludes halogenated alkanes) is 1.